The maximum atomic E-state index is 6.32. The first kappa shape index (κ1) is 35.2. The fraction of sp³-hybridized carbons (Fsp3) is 0. The fourth-order valence-electron chi connectivity index (χ4n) is 9.52. The molecule has 4 heterocycles. The summed E-state index contributed by atoms with van der Waals surface area (Å²) in [6, 6.07) is 74.5. The van der Waals surface area contributed by atoms with E-state index in [-0.39, 0.29) is 0 Å². The van der Waals surface area contributed by atoms with Gasteiger partial charge in [-0.05, 0) is 75.8 Å². The van der Waals surface area contributed by atoms with Crippen molar-refractivity contribution < 1.29 is 4.42 Å². The number of hydrogen-bond donors (Lipinski definition) is 0. The summed E-state index contributed by atoms with van der Waals surface area (Å²) in [6.45, 7) is 0. The zero-order valence-electron chi connectivity index (χ0n) is 33.9. The Kier molecular flexibility index (Phi) is 7.80. The highest BCUT2D eigenvalue weighted by Crippen LogP contribution is 2.40. The van der Waals surface area contributed by atoms with Crippen LogP contribution in [0.5, 0.6) is 0 Å². The molecule has 0 amide bonds. The molecule has 0 spiro atoms. The van der Waals surface area contributed by atoms with E-state index in [4.69, 9.17) is 19.4 Å². The van der Waals surface area contributed by atoms with Crippen LogP contribution in [-0.4, -0.2) is 24.1 Å². The maximum absolute atomic E-state index is 6.32. The third kappa shape index (κ3) is 5.62. The van der Waals surface area contributed by atoms with Gasteiger partial charge >= 0.3 is 0 Å². The number of rotatable bonds is 6. The number of furan rings is 1. The van der Waals surface area contributed by atoms with Crippen molar-refractivity contribution in [3.8, 4) is 56.7 Å². The molecule has 0 aliphatic heterocycles. The van der Waals surface area contributed by atoms with E-state index in [1.165, 1.54) is 0 Å². The molecule has 13 rings (SSSR count). The van der Waals surface area contributed by atoms with E-state index in [2.05, 4.69) is 203 Å². The Labute approximate surface area is 361 Å². The zero-order chi connectivity index (χ0) is 41.4. The van der Waals surface area contributed by atoms with Crippen molar-refractivity contribution in [2.75, 3.05) is 0 Å². The second-order valence-corrected chi connectivity index (χ2v) is 16.0. The summed E-state index contributed by atoms with van der Waals surface area (Å²) >= 11 is 0. The molecule has 0 N–H and O–H groups in total. The number of fused-ring (bicyclic) bond motifs is 9. The van der Waals surface area contributed by atoms with Crippen molar-refractivity contribution in [1.82, 2.24) is 24.1 Å². The number of aromatic nitrogens is 5. The Hall–Kier alpha value is -8.61. The van der Waals surface area contributed by atoms with Gasteiger partial charge < -0.3 is 4.42 Å². The molecular formula is C57H35N5O. The van der Waals surface area contributed by atoms with Crippen LogP contribution in [0.4, 0.5) is 0 Å². The Morgan fingerprint density at radius 2 is 0.778 bits per heavy atom. The molecule has 63 heavy (non-hydrogen) atoms. The quantitative estimate of drug-likeness (QED) is 0.168. The van der Waals surface area contributed by atoms with Crippen molar-refractivity contribution in [2.24, 2.45) is 0 Å². The second kappa shape index (κ2) is 14.0. The summed E-state index contributed by atoms with van der Waals surface area (Å²) in [7, 11) is 0. The lowest BCUT2D eigenvalue weighted by Crippen LogP contribution is -2.10. The molecule has 6 heteroatoms. The van der Waals surface area contributed by atoms with Crippen LogP contribution < -0.4 is 0 Å². The maximum Gasteiger partial charge on any atom is 0.240 e. The number of para-hydroxylation sites is 3. The minimum Gasteiger partial charge on any atom is -0.456 e. The highest BCUT2D eigenvalue weighted by Gasteiger charge is 2.22. The summed E-state index contributed by atoms with van der Waals surface area (Å²) in [6.07, 6.45) is 0. The van der Waals surface area contributed by atoms with Gasteiger partial charge in [-0.2, -0.15) is 15.0 Å². The topological polar surface area (TPSA) is 61.7 Å². The average Bonchev–Trinajstić information content (AvgIpc) is 4.02. The molecule has 6 nitrogen and oxygen atoms in total. The molecule has 0 bridgehead atoms. The Morgan fingerprint density at radius 3 is 1.41 bits per heavy atom. The van der Waals surface area contributed by atoms with Crippen molar-refractivity contribution in [3.05, 3.63) is 212 Å². The van der Waals surface area contributed by atoms with E-state index in [1.54, 1.807) is 0 Å². The molecule has 0 radical (unpaired) electrons. The highest BCUT2D eigenvalue weighted by atomic mass is 16.3. The second-order valence-electron chi connectivity index (χ2n) is 16.0. The van der Waals surface area contributed by atoms with Gasteiger partial charge in [-0.1, -0.05) is 170 Å². The van der Waals surface area contributed by atoms with E-state index >= 15 is 0 Å². The third-order valence-electron chi connectivity index (χ3n) is 12.4. The molecule has 0 saturated carbocycles. The van der Waals surface area contributed by atoms with Gasteiger partial charge in [0.05, 0.1) is 22.1 Å². The van der Waals surface area contributed by atoms with Crippen LogP contribution in [0.1, 0.15) is 0 Å². The minimum atomic E-state index is 0.528. The predicted octanol–water partition coefficient (Wildman–Crippen LogP) is 14.6. The van der Waals surface area contributed by atoms with Crippen LogP contribution in [0.25, 0.3) is 122 Å². The summed E-state index contributed by atoms with van der Waals surface area (Å²) in [5.41, 5.74) is 13.3. The molecule has 0 aliphatic carbocycles. The normalized spacial score (nSPS) is 11.8. The van der Waals surface area contributed by atoms with Gasteiger partial charge in [0, 0.05) is 37.9 Å². The van der Waals surface area contributed by atoms with Gasteiger partial charge in [0.25, 0.3) is 0 Å². The predicted molar refractivity (Wildman–Crippen MR) is 258 cm³/mol. The van der Waals surface area contributed by atoms with Crippen LogP contribution in [0.2, 0.25) is 0 Å². The Morgan fingerprint density at radius 1 is 0.302 bits per heavy atom. The lowest BCUT2D eigenvalue weighted by atomic mass is 9.98. The van der Waals surface area contributed by atoms with Gasteiger partial charge in [-0.15, -0.1) is 0 Å². The number of hydrogen-bond acceptors (Lipinski definition) is 4. The molecule has 0 saturated heterocycles. The standard InChI is InChI=1S/C57H35N5O/c1-3-15-36(16-4-1)38-29-31-45-46-32-30-39(37-17-5-2-6-18-37)35-51(46)62(50(45)34-38)57-59-55(58-56(60-57)61-48-25-10-7-21-43(48)44-22-8-11-26-49(44)61)41-20-13-19-40(33-41)42-24-14-28-53-54(42)47-23-9-12-27-52(47)63-53/h1-35H. The van der Waals surface area contributed by atoms with Crippen LogP contribution in [0.3, 0.4) is 0 Å². The smallest absolute Gasteiger partial charge is 0.240 e. The van der Waals surface area contributed by atoms with Gasteiger partial charge in [0.1, 0.15) is 11.2 Å². The molecule has 0 fully saturated rings. The lowest BCUT2D eigenvalue weighted by Gasteiger charge is -2.14. The summed E-state index contributed by atoms with van der Waals surface area (Å²) < 4.78 is 10.7. The van der Waals surface area contributed by atoms with E-state index < -0.39 is 0 Å². The number of nitrogens with zero attached hydrogens (tertiary/aromatic N) is 5. The molecule has 9 aromatic carbocycles. The van der Waals surface area contributed by atoms with Crippen molar-refractivity contribution in [2.45, 2.75) is 0 Å². The largest absolute Gasteiger partial charge is 0.456 e. The molecule has 0 atom stereocenters. The summed E-state index contributed by atoms with van der Waals surface area (Å²) in [5.74, 6) is 1.63. The van der Waals surface area contributed by atoms with E-state index in [9.17, 15) is 0 Å². The Bertz CT molecular complexity index is 3770. The first-order chi connectivity index (χ1) is 31.2. The minimum absolute atomic E-state index is 0.528. The summed E-state index contributed by atoms with van der Waals surface area (Å²) in [5, 5.41) is 6.67. The molecule has 294 valence electrons. The molecule has 0 aliphatic rings. The van der Waals surface area contributed by atoms with Crippen molar-refractivity contribution in [3.63, 3.8) is 0 Å². The van der Waals surface area contributed by atoms with E-state index in [0.29, 0.717) is 17.7 Å². The zero-order valence-corrected chi connectivity index (χ0v) is 33.9. The lowest BCUT2D eigenvalue weighted by molar-refractivity contribution is 0.669. The first-order valence-electron chi connectivity index (χ1n) is 21.2. The van der Waals surface area contributed by atoms with E-state index in [1.807, 2.05) is 18.2 Å². The van der Waals surface area contributed by atoms with Crippen molar-refractivity contribution in [1.29, 1.82) is 0 Å². The first-order valence-corrected chi connectivity index (χ1v) is 21.2. The van der Waals surface area contributed by atoms with Crippen molar-refractivity contribution >= 4 is 65.6 Å². The molecule has 13 aromatic rings. The van der Waals surface area contributed by atoms with Crippen LogP contribution in [-0.2, 0) is 0 Å². The highest BCUT2D eigenvalue weighted by molar-refractivity contribution is 6.13. The molecule has 4 aromatic heterocycles. The monoisotopic (exact) mass is 805 g/mol. The van der Waals surface area contributed by atoms with Gasteiger partial charge in [0.2, 0.25) is 11.9 Å². The molecular weight excluding hydrogens is 771 g/mol. The van der Waals surface area contributed by atoms with Gasteiger partial charge in [-0.3, -0.25) is 9.13 Å². The van der Waals surface area contributed by atoms with Crippen LogP contribution >= 0.6 is 0 Å². The summed E-state index contributed by atoms with van der Waals surface area (Å²) in [4.78, 5) is 16.3. The fourth-order valence-corrected chi connectivity index (χ4v) is 9.52. The van der Waals surface area contributed by atoms with Gasteiger partial charge in [-0.25, -0.2) is 0 Å². The third-order valence-corrected chi connectivity index (χ3v) is 12.4. The van der Waals surface area contributed by atoms with Gasteiger partial charge in [0.15, 0.2) is 5.82 Å². The van der Waals surface area contributed by atoms with E-state index in [0.717, 1.165) is 104 Å². The molecule has 0 unspecified atom stereocenters. The van der Waals surface area contributed by atoms with Crippen LogP contribution in [0, 0.1) is 0 Å². The Balaban J connectivity index is 1.11. The average molecular weight is 806 g/mol. The number of benzene rings is 9. The van der Waals surface area contributed by atoms with Crippen LogP contribution in [0.15, 0.2) is 217 Å². The SMILES string of the molecule is c1ccc(-c2ccc3c4ccc(-c5ccccc5)cc4n(-c4nc(-c5cccc(-c6cccc7oc8ccccc8c67)c5)nc(-n5c6ccccc6c6ccccc65)n4)c3c2)cc1.